The summed E-state index contributed by atoms with van der Waals surface area (Å²) in [4.78, 5) is 20.2. The molecule has 4 heteroatoms. The molecule has 0 radical (unpaired) electrons. The van der Waals surface area contributed by atoms with Crippen molar-refractivity contribution >= 4 is 32.4 Å². The van der Waals surface area contributed by atoms with Crippen LogP contribution >= 0.6 is 0 Å². The Morgan fingerprint density at radius 1 is 0.292 bits per heavy atom. The van der Waals surface area contributed by atoms with Crippen molar-refractivity contribution in [1.29, 1.82) is 0 Å². The predicted molar refractivity (Wildman–Crippen MR) is 197 cm³/mol. The number of para-hydroxylation sites is 1. The molecule has 4 nitrogen and oxygen atoms in total. The van der Waals surface area contributed by atoms with Gasteiger partial charge in [-0.25, -0.2) is 19.9 Å². The van der Waals surface area contributed by atoms with E-state index in [4.69, 9.17) is 19.9 Å². The van der Waals surface area contributed by atoms with Crippen LogP contribution in [0, 0.1) is 0 Å². The Morgan fingerprint density at radius 3 is 1.48 bits per heavy atom. The zero-order chi connectivity index (χ0) is 31.9. The topological polar surface area (TPSA) is 51.6 Å². The Kier molecular flexibility index (Phi) is 6.76. The molecule has 2 heterocycles. The highest BCUT2D eigenvalue weighted by Crippen LogP contribution is 2.38. The first-order valence-corrected chi connectivity index (χ1v) is 16.1. The van der Waals surface area contributed by atoms with Gasteiger partial charge in [0.05, 0.1) is 11.2 Å². The summed E-state index contributed by atoms with van der Waals surface area (Å²) < 4.78 is 0. The van der Waals surface area contributed by atoms with Crippen LogP contribution in [0.1, 0.15) is 0 Å². The van der Waals surface area contributed by atoms with E-state index in [0.29, 0.717) is 17.5 Å². The number of aromatic nitrogens is 4. The van der Waals surface area contributed by atoms with Crippen LogP contribution in [-0.4, -0.2) is 19.9 Å². The molecule has 2 aromatic heterocycles. The summed E-state index contributed by atoms with van der Waals surface area (Å²) in [6.45, 7) is 0. The fraction of sp³-hybridized carbons (Fsp3) is 0. The second kappa shape index (κ2) is 11.7. The lowest BCUT2D eigenvalue weighted by molar-refractivity contribution is 1.08. The molecule has 0 saturated carbocycles. The molecule has 0 aliphatic carbocycles. The van der Waals surface area contributed by atoms with Crippen LogP contribution in [0.15, 0.2) is 170 Å². The van der Waals surface area contributed by atoms with Gasteiger partial charge in [0.2, 0.25) is 0 Å². The van der Waals surface area contributed by atoms with E-state index in [0.717, 1.165) is 60.8 Å². The third-order valence-electron chi connectivity index (χ3n) is 8.92. The maximum absolute atomic E-state index is 5.12. The molecule has 48 heavy (non-hydrogen) atoms. The molecule has 7 aromatic carbocycles. The largest absolute Gasteiger partial charge is 0.247 e. The van der Waals surface area contributed by atoms with Gasteiger partial charge in [-0.1, -0.05) is 164 Å². The summed E-state index contributed by atoms with van der Waals surface area (Å²) in [6, 6.07) is 58.7. The molecule has 9 aromatic rings. The van der Waals surface area contributed by atoms with Gasteiger partial charge in [-0.3, -0.25) is 0 Å². The Labute approximate surface area is 278 Å². The summed E-state index contributed by atoms with van der Waals surface area (Å²) in [5.74, 6) is 1.94. The molecular weight excluding hydrogens is 585 g/mol. The van der Waals surface area contributed by atoms with Gasteiger partial charge in [0.1, 0.15) is 0 Å². The van der Waals surface area contributed by atoms with Crippen molar-refractivity contribution in [2.24, 2.45) is 0 Å². The molecule has 0 aliphatic heterocycles. The first-order valence-electron chi connectivity index (χ1n) is 16.1. The highest BCUT2D eigenvalue weighted by molar-refractivity contribution is 6.11. The highest BCUT2D eigenvalue weighted by Gasteiger charge is 2.17. The van der Waals surface area contributed by atoms with Gasteiger partial charge in [-0.2, -0.15) is 0 Å². The summed E-state index contributed by atoms with van der Waals surface area (Å²) in [5.41, 5.74) is 8.16. The van der Waals surface area contributed by atoms with Gasteiger partial charge in [0.15, 0.2) is 17.5 Å². The second-order valence-corrected chi connectivity index (χ2v) is 11.8. The zero-order valence-corrected chi connectivity index (χ0v) is 26.0. The molecule has 0 fully saturated rings. The average Bonchev–Trinajstić information content (AvgIpc) is 3.18. The van der Waals surface area contributed by atoms with E-state index in [-0.39, 0.29) is 0 Å². The third-order valence-corrected chi connectivity index (χ3v) is 8.92. The van der Waals surface area contributed by atoms with Crippen molar-refractivity contribution < 1.29 is 0 Å². The number of hydrogen-bond acceptors (Lipinski definition) is 4. The Morgan fingerprint density at radius 2 is 0.812 bits per heavy atom. The van der Waals surface area contributed by atoms with E-state index in [9.17, 15) is 0 Å². The third kappa shape index (κ3) is 4.88. The van der Waals surface area contributed by atoms with Gasteiger partial charge in [0.25, 0.3) is 0 Å². The number of nitrogens with zero attached hydrogens (tertiary/aromatic N) is 4. The van der Waals surface area contributed by atoms with E-state index in [2.05, 4.69) is 103 Å². The van der Waals surface area contributed by atoms with Crippen molar-refractivity contribution in [3.8, 4) is 56.5 Å². The lowest BCUT2D eigenvalue weighted by atomic mass is 9.93. The first-order chi connectivity index (χ1) is 23.8. The normalized spacial score (nSPS) is 11.3. The van der Waals surface area contributed by atoms with Crippen molar-refractivity contribution in [2.75, 3.05) is 0 Å². The van der Waals surface area contributed by atoms with Crippen molar-refractivity contribution in [3.63, 3.8) is 0 Å². The minimum atomic E-state index is 0.643. The van der Waals surface area contributed by atoms with Crippen molar-refractivity contribution in [2.45, 2.75) is 0 Å². The van der Waals surface area contributed by atoms with Gasteiger partial charge in [0, 0.05) is 38.4 Å². The molecule has 0 bridgehead atoms. The number of fused-ring (bicyclic) bond motifs is 4. The van der Waals surface area contributed by atoms with Gasteiger partial charge >= 0.3 is 0 Å². The Bertz CT molecular complexity index is 2530. The SMILES string of the molecule is c1ccc(-c2nc(-c3ccccc3)nc(-c3cccc4cccc(-c5ccc(-c6nc7ccccc7c7ccccc67)cc5)c34)n2)cc1. The fourth-order valence-electron chi connectivity index (χ4n) is 6.63. The highest BCUT2D eigenvalue weighted by atomic mass is 15.0. The van der Waals surface area contributed by atoms with Gasteiger partial charge in [-0.05, 0) is 28.0 Å². The van der Waals surface area contributed by atoms with E-state index in [1.807, 2.05) is 66.7 Å². The van der Waals surface area contributed by atoms with E-state index < -0.39 is 0 Å². The fourth-order valence-corrected chi connectivity index (χ4v) is 6.63. The molecule has 224 valence electrons. The molecule has 0 spiro atoms. The summed E-state index contributed by atoms with van der Waals surface area (Å²) in [7, 11) is 0. The zero-order valence-electron chi connectivity index (χ0n) is 26.0. The van der Waals surface area contributed by atoms with E-state index in [1.54, 1.807) is 0 Å². The van der Waals surface area contributed by atoms with Crippen LogP contribution in [0.4, 0.5) is 0 Å². The first kappa shape index (κ1) is 27.8. The average molecular weight is 613 g/mol. The van der Waals surface area contributed by atoms with Crippen molar-refractivity contribution in [3.05, 3.63) is 170 Å². The van der Waals surface area contributed by atoms with Crippen molar-refractivity contribution in [1.82, 2.24) is 19.9 Å². The monoisotopic (exact) mass is 612 g/mol. The maximum atomic E-state index is 5.12. The molecule has 0 aliphatic rings. The number of benzene rings is 7. The van der Waals surface area contributed by atoms with Crippen LogP contribution in [-0.2, 0) is 0 Å². The molecule has 0 atom stereocenters. The van der Waals surface area contributed by atoms with Gasteiger partial charge in [-0.15, -0.1) is 0 Å². The minimum absolute atomic E-state index is 0.643. The number of hydrogen-bond donors (Lipinski definition) is 0. The van der Waals surface area contributed by atoms with Gasteiger partial charge < -0.3 is 0 Å². The van der Waals surface area contributed by atoms with E-state index >= 15 is 0 Å². The number of rotatable bonds is 5. The maximum Gasteiger partial charge on any atom is 0.164 e. The minimum Gasteiger partial charge on any atom is -0.247 e. The van der Waals surface area contributed by atoms with Crippen LogP contribution in [0.2, 0.25) is 0 Å². The quantitative estimate of drug-likeness (QED) is 0.181. The second-order valence-electron chi connectivity index (χ2n) is 11.8. The Balaban J connectivity index is 1.20. The molecule has 0 N–H and O–H groups in total. The molecule has 0 amide bonds. The molecule has 9 rings (SSSR count). The standard InChI is InChI=1S/C44H28N4/c1-3-13-32(14-4-1)42-46-43(33-15-5-2-6-16-33)48-44(47-42)38-23-12-18-30-17-11-22-34(40(30)38)29-25-27-31(28-26-29)41-37-21-8-7-19-35(37)36-20-9-10-24-39(36)45-41/h1-28H. The van der Waals surface area contributed by atoms with Crippen LogP contribution in [0.5, 0.6) is 0 Å². The summed E-state index contributed by atoms with van der Waals surface area (Å²) in [5, 5.41) is 5.75. The molecule has 0 unspecified atom stereocenters. The smallest absolute Gasteiger partial charge is 0.164 e. The molecular formula is C44H28N4. The van der Waals surface area contributed by atoms with Crippen LogP contribution < -0.4 is 0 Å². The predicted octanol–water partition coefficient (Wildman–Crippen LogP) is 11.1. The number of pyridine rings is 1. The van der Waals surface area contributed by atoms with E-state index in [1.165, 1.54) is 10.8 Å². The van der Waals surface area contributed by atoms with Crippen LogP contribution in [0.25, 0.3) is 89.0 Å². The Hall–Kier alpha value is -6.52. The lowest BCUT2D eigenvalue weighted by Gasteiger charge is -2.14. The summed E-state index contributed by atoms with van der Waals surface area (Å²) >= 11 is 0. The summed E-state index contributed by atoms with van der Waals surface area (Å²) in [6.07, 6.45) is 0. The molecule has 0 saturated heterocycles. The van der Waals surface area contributed by atoms with Crippen LogP contribution in [0.3, 0.4) is 0 Å². The lowest BCUT2D eigenvalue weighted by Crippen LogP contribution is -2.00.